The van der Waals surface area contributed by atoms with Gasteiger partial charge in [-0.05, 0) is 5.56 Å². The van der Waals surface area contributed by atoms with Gasteiger partial charge in [-0.25, -0.2) is 0 Å². The van der Waals surface area contributed by atoms with Crippen LogP contribution in [0.2, 0.25) is 0 Å². The van der Waals surface area contributed by atoms with Crippen molar-refractivity contribution in [1.29, 1.82) is 0 Å². The van der Waals surface area contributed by atoms with Crippen LogP contribution in [0, 0.1) is 26.1 Å². The first-order valence-corrected chi connectivity index (χ1v) is 8.68. The molecule has 2 heterocycles. The molecule has 3 fully saturated rings. The fourth-order valence-corrected chi connectivity index (χ4v) is 5.03. The predicted octanol–water partition coefficient (Wildman–Crippen LogP) is 0.0107. The Balaban J connectivity index is 1.83. The molecule has 1 amide bonds. The summed E-state index contributed by atoms with van der Waals surface area (Å²) in [5.41, 5.74) is -3.11. The van der Waals surface area contributed by atoms with Crippen molar-refractivity contribution in [1.82, 2.24) is 10.2 Å². The molecular weight excluding hydrogens is 356 g/mol. The van der Waals surface area contributed by atoms with Crippen molar-refractivity contribution in [3.05, 3.63) is 56.1 Å². The van der Waals surface area contributed by atoms with Crippen molar-refractivity contribution < 1.29 is 19.4 Å². The first-order chi connectivity index (χ1) is 12.8. The molecule has 4 unspecified atom stereocenters. The van der Waals surface area contributed by atoms with Crippen LogP contribution in [-0.4, -0.2) is 56.6 Å². The Hall–Kier alpha value is -2.88. The lowest BCUT2D eigenvalue weighted by molar-refractivity contribution is -0.642. The van der Waals surface area contributed by atoms with Gasteiger partial charge in [-0.1, -0.05) is 30.3 Å². The number of nitro groups is 2. The SMILES string of the molecule is O=C1CC2NC(=O)C3([N+](=O)[O-])CN(Cc4ccccc4)CC2([N+](=O)[O-])C3C1. The van der Waals surface area contributed by atoms with Crippen molar-refractivity contribution in [2.24, 2.45) is 5.92 Å². The summed E-state index contributed by atoms with van der Waals surface area (Å²) in [6, 6.07) is 8.07. The van der Waals surface area contributed by atoms with Crippen LogP contribution in [0.3, 0.4) is 0 Å². The Labute approximate surface area is 153 Å². The minimum Gasteiger partial charge on any atom is -0.339 e. The van der Waals surface area contributed by atoms with Gasteiger partial charge in [-0.2, -0.15) is 0 Å². The number of ketones is 1. The maximum atomic E-state index is 12.7. The number of likely N-dealkylation sites (tertiary alicyclic amines) is 1. The summed E-state index contributed by atoms with van der Waals surface area (Å²) in [7, 11) is 0. The van der Waals surface area contributed by atoms with E-state index in [0.717, 1.165) is 5.56 Å². The van der Waals surface area contributed by atoms with Gasteiger partial charge >= 0.3 is 5.54 Å². The summed E-state index contributed by atoms with van der Waals surface area (Å²) in [5, 5.41) is 26.7. The summed E-state index contributed by atoms with van der Waals surface area (Å²) in [6.07, 6.45) is -0.485. The average molecular weight is 374 g/mol. The van der Waals surface area contributed by atoms with Crippen molar-refractivity contribution in [2.45, 2.75) is 36.5 Å². The highest BCUT2D eigenvalue weighted by Gasteiger charge is 2.80. The number of piperidine rings is 2. The quantitative estimate of drug-likeness (QED) is 0.579. The van der Waals surface area contributed by atoms with E-state index >= 15 is 0 Å². The van der Waals surface area contributed by atoms with E-state index in [1.807, 2.05) is 30.3 Å². The highest BCUT2D eigenvalue weighted by molar-refractivity contribution is 5.92. The second-order valence-electron chi connectivity index (χ2n) is 7.59. The fraction of sp³-hybridized carbons (Fsp3) is 0.529. The average Bonchev–Trinajstić information content (AvgIpc) is 2.60. The van der Waals surface area contributed by atoms with Crippen molar-refractivity contribution >= 4 is 11.7 Å². The van der Waals surface area contributed by atoms with Gasteiger partial charge in [-0.3, -0.25) is 34.7 Å². The van der Waals surface area contributed by atoms with E-state index in [1.165, 1.54) is 0 Å². The minimum absolute atomic E-state index is 0.0482. The monoisotopic (exact) mass is 374 g/mol. The van der Waals surface area contributed by atoms with Crippen LogP contribution < -0.4 is 5.32 Å². The predicted molar refractivity (Wildman–Crippen MR) is 90.8 cm³/mol. The van der Waals surface area contributed by atoms with Crippen LogP contribution >= 0.6 is 0 Å². The lowest BCUT2D eigenvalue weighted by Gasteiger charge is -2.55. The van der Waals surface area contributed by atoms with Crippen LogP contribution in [-0.2, 0) is 16.1 Å². The molecule has 2 saturated heterocycles. The lowest BCUT2D eigenvalue weighted by Crippen LogP contribution is -2.86. The van der Waals surface area contributed by atoms with Crippen LogP contribution in [0.4, 0.5) is 0 Å². The van der Waals surface area contributed by atoms with E-state index in [9.17, 15) is 29.8 Å². The number of Topliss-reactive ketones (excluding diaryl/α,β-unsaturated/α-hetero) is 1. The number of amides is 1. The Morgan fingerprint density at radius 2 is 1.78 bits per heavy atom. The molecule has 4 rings (SSSR count). The van der Waals surface area contributed by atoms with Gasteiger partial charge in [0, 0.05) is 29.2 Å². The molecule has 4 bridgehead atoms. The molecule has 4 atom stereocenters. The molecule has 142 valence electrons. The van der Waals surface area contributed by atoms with E-state index in [-0.39, 0.29) is 38.3 Å². The molecule has 10 nitrogen and oxygen atoms in total. The Morgan fingerprint density at radius 1 is 1.07 bits per heavy atom. The molecule has 3 aliphatic rings. The number of carbonyl (C=O) groups is 2. The third kappa shape index (κ3) is 2.29. The minimum atomic E-state index is -2.20. The van der Waals surface area contributed by atoms with Crippen LogP contribution in [0.5, 0.6) is 0 Å². The van der Waals surface area contributed by atoms with Crippen molar-refractivity contribution in [2.75, 3.05) is 13.1 Å². The summed E-state index contributed by atoms with van der Waals surface area (Å²) in [6.45, 7) is -0.0545. The number of nitrogens with one attached hydrogen (secondary N) is 1. The number of rotatable bonds is 4. The second-order valence-corrected chi connectivity index (χ2v) is 7.59. The molecule has 0 spiro atoms. The van der Waals surface area contributed by atoms with Crippen molar-refractivity contribution in [3.63, 3.8) is 0 Å². The molecule has 1 N–H and O–H groups in total. The smallest absolute Gasteiger partial charge is 0.321 e. The van der Waals surface area contributed by atoms with Gasteiger partial charge in [0.1, 0.15) is 17.7 Å². The second kappa shape index (κ2) is 5.81. The molecule has 2 aliphatic heterocycles. The lowest BCUT2D eigenvalue weighted by atomic mass is 9.56. The number of carbonyl (C=O) groups excluding carboxylic acids is 2. The molecule has 1 aromatic rings. The highest BCUT2D eigenvalue weighted by Crippen LogP contribution is 2.50. The molecule has 10 heteroatoms. The Kier molecular flexibility index (Phi) is 3.77. The highest BCUT2D eigenvalue weighted by atomic mass is 16.6. The Morgan fingerprint density at radius 3 is 2.41 bits per heavy atom. The zero-order chi connectivity index (χ0) is 19.4. The Bertz CT molecular complexity index is 845. The number of nitrogens with zero attached hydrogens (tertiary/aromatic N) is 3. The zero-order valence-corrected chi connectivity index (χ0v) is 14.4. The molecule has 1 saturated carbocycles. The number of hydrogen-bond donors (Lipinski definition) is 1. The van der Waals surface area contributed by atoms with Crippen LogP contribution in [0.25, 0.3) is 0 Å². The zero-order valence-electron chi connectivity index (χ0n) is 14.4. The van der Waals surface area contributed by atoms with Gasteiger partial charge < -0.3 is 5.32 Å². The van der Waals surface area contributed by atoms with Gasteiger partial charge in [-0.15, -0.1) is 0 Å². The van der Waals surface area contributed by atoms with Crippen LogP contribution in [0.15, 0.2) is 30.3 Å². The first-order valence-electron chi connectivity index (χ1n) is 8.68. The third-order valence-corrected chi connectivity index (χ3v) is 6.20. The summed E-state index contributed by atoms with van der Waals surface area (Å²) < 4.78 is 0. The van der Waals surface area contributed by atoms with E-state index < -0.39 is 38.8 Å². The molecule has 0 aromatic heterocycles. The van der Waals surface area contributed by atoms with Gasteiger partial charge in [0.05, 0.1) is 13.1 Å². The molecule has 1 aliphatic carbocycles. The van der Waals surface area contributed by atoms with E-state index in [2.05, 4.69) is 5.32 Å². The third-order valence-electron chi connectivity index (χ3n) is 6.20. The largest absolute Gasteiger partial charge is 0.339 e. The molecule has 27 heavy (non-hydrogen) atoms. The first kappa shape index (κ1) is 17.5. The summed E-state index contributed by atoms with van der Waals surface area (Å²) in [5.74, 6) is -2.36. The normalized spacial score (nSPS) is 35.4. The topological polar surface area (TPSA) is 136 Å². The molecule has 0 radical (unpaired) electrons. The van der Waals surface area contributed by atoms with Gasteiger partial charge in [0.25, 0.3) is 11.4 Å². The van der Waals surface area contributed by atoms with Gasteiger partial charge in [0.2, 0.25) is 0 Å². The molecule has 1 aromatic carbocycles. The van der Waals surface area contributed by atoms with E-state index in [1.54, 1.807) is 4.90 Å². The maximum absolute atomic E-state index is 12.7. The van der Waals surface area contributed by atoms with Crippen molar-refractivity contribution in [3.8, 4) is 0 Å². The summed E-state index contributed by atoms with van der Waals surface area (Å²) in [4.78, 5) is 49.4. The number of hydrogen-bond acceptors (Lipinski definition) is 7. The van der Waals surface area contributed by atoms with E-state index in [0.29, 0.717) is 0 Å². The summed E-state index contributed by atoms with van der Waals surface area (Å²) >= 11 is 0. The fourth-order valence-electron chi connectivity index (χ4n) is 5.03. The standard InChI is InChI=1S/C17H18N4O6/c22-12-6-13-16(20(24)25)9-19(8-11-4-2-1-3-5-11)10-17(13,21(26)27)15(23)18-14(16)7-12/h1-5,13-14H,6-10H2,(H,18,23). The van der Waals surface area contributed by atoms with E-state index in [4.69, 9.17) is 0 Å². The number of benzene rings is 1. The van der Waals surface area contributed by atoms with Crippen LogP contribution in [0.1, 0.15) is 18.4 Å². The van der Waals surface area contributed by atoms with Gasteiger partial charge in [0.15, 0.2) is 0 Å². The molecular formula is C17H18N4O6. The maximum Gasteiger partial charge on any atom is 0.321 e.